The van der Waals surface area contributed by atoms with Gasteiger partial charge in [0.1, 0.15) is 17.1 Å². The number of amides is 1. The zero-order valence-corrected chi connectivity index (χ0v) is 14.7. The summed E-state index contributed by atoms with van der Waals surface area (Å²) in [5.74, 6) is -0.401. The summed E-state index contributed by atoms with van der Waals surface area (Å²) in [4.78, 5) is 23.9. The molecule has 9 heteroatoms. The summed E-state index contributed by atoms with van der Waals surface area (Å²) in [6.07, 6.45) is -0.848. The third-order valence-corrected chi connectivity index (χ3v) is 3.28. The Morgan fingerprint density at radius 1 is 1.28 bits per heavy atom. The van der Waals surface area contributed by atoms with Crippen molar-refractivity contribution in [3.8, 4) is 22.9 Å². The molecule has 1 aromatic heterocycles. The lowest BCUT2D eigenvalue weighted by Crippen LogP contribution is -2.36. The third-order valence-electron chi connectivity index (χ3n) is 3.28. The number of aromatic hydroxyl groups is 2. The summed E-state index contributed by atoms with van der Waals surface area (Å²) in [5.41, 5.74) is 1.56. The molecular formula is C16H22N4O5. The number of aromatic amines is 1. The van der Waals surface area contributed by atoms with Gasteiger partial charge in [0.2, 0.25) is 0 Å². The van der Waals surface area contributed by atoms with E-state index in [2.05, 4.69) is 15.6 Å². The molecule has 0 aliphatic heterocycles. The Kier molecular flexibility index (Phi) is 4.78. The minimum Gasteiger partial charge on any atom is -0.508 e. The van der Waals surface area contributed by atoms with Crippen molar-refractivity contribution in [3.05, 3.63) is 28.2 Å². The van der Waals surface area contributed by atoms with Crippen molar-refractivity contribution in [2.45, 2.75) is 46.1 Å². The molecule has 0 bridgehead atoms. The Morgan fingerprint density at radius 2 is 1.92 bits per heavy atom. The van der Waals surface area contributed by atoms with Gasteiger partial charge in [-0.1, -0.05) is 13.8 Å². The SMILES string of the molecule is CC(C)c1cc(-c2n[nH]c(=O)n2NC(=O)OC(C)(C)C)c(O)cc1O. The molecule has 9 nitrogen and oxygen atoms in total. The van der Waals surface area contributed by atoms with Gasteiger partial charge < -0.3 is 14.9 Å². The van der Waals surface area contributed by atoms with Crippen LogP contribution in [0.2, 0.25) is 0 Å². The molecule has 0 unspecified atom stereocenters. The molecule has 4 N–H and O–H groups in total. The number of carbonyl (C=O) groups is 1. The van der Waals surface area contributed by atoms with Crippen molar-refractivity contribution in [1.82, 2.24) is 14.9 Å². The molecule has 1 aromatic carbocycles. The van der Waals surface area contributed by atoms with Crippen LogP contribution < -0.4 is 11.1 Å². The van der Waals surface area contributed by atoms with Gasteiger partial charge in [-0.2, -0.15) is 9.77 Å². The predicted molar refractivity (Wildman–Crippen MR) is 91.3 cm³/mol. The second-order valence-corrected chi connectivity index (χ2v) is 6.88. The zero-order chi connectivity index (χ0) is 18.9. The maximum absolute atomic E-state index is 12.0. The number of phenols is 2. The van der Waals surface area contributed by atoms with E-state index >= 15 is 0 Å². The Hall–Kier alpha value is -2.97. The highest BCUT2D eigenvalue weighted by atomic mass is 16.6. The van der Waals surface area contributed by atoms with Gasteiger partial charge in [-0.05, 0) is 38.3 Å². The van der Waals surface area contributed by atoms with Crippen molar-refractivity contribution in [2.75, 3.05) is 5.43 Å². The van der Waals surface area contributed by atoms with Crippen molar-refractivity contribution in [2.24, 2.45) is 0 Å². The van der Waals surface area contributed by atoms with E-state index in [0.29, 0.717) is 5.56 Å². The number of aromatic nitrogens is 3. The lowest BCUT2D eigenvalue weighted by Gasteiger charge is -2.20. The average molecular weight is 350 g/mol. The van der Waals surface area contributed by atoms with Gasteiger partial charge in [-0.15, -0.1) is 0 Å². The summed E-state index contributed by atoms with van der Waals surface area (Å²) < 4.78 is 5.95. The van der Waals surface area contributed by atoms with Gasteiger partial charge in [0.25, 0.3) is 0 Å². The molecule has 25 heavy (non-hydrogen) atoms. The molecule has 0 aliphatic carbocycles. The van der Waals surface area contributed by atoms with Crippen LogP contribution in [0.15, 0.2) is 16.9 Å². The van der Waals surface area contributed by atoms with E-state index in [1.54, 1.807) is 20.8 Å². The van der Waals surface area contributed by atoms with Crippen LogP contribution >= 0.6 is 0 Å². The van der Waals surface area contributed by atoms with Crippen LogP contribution in [0.4, 0.5) is 4.79 Å². The molecule has 136 valence electrons. The highest BCUT2D eigenvalue weighted by Crippen LogP contribution is 2.36. The number of rotatable bonds is 3. The van der Waals surface area contributed by atoms with E-state index in [9.17, 15) is 19.8 Å². The first-order valence-electron chi connectivity index (χ1n) is 7.73. The van der Waals surface area contributed by atoms with Crippen molar-refractivity contribution in [3.63, 3.8) is 0 Å². The predicted octanol–water partition coefficient (Wildman–Crippen LogP) is 2.25. The molecule has 0 saturated carbocycles. The molecular weight excluding hydrogens is 328 g/mol. The fraction of sp³-hybridized carbons (Fsp3) is 0.438. The highest BCUT2D eigenvalue weighted by molar-refractivity contribution is 5.78. The Balaban J connectivity index is 2.47. The topological polar surface area (TPSA) is 129 Å². The van der Waals surface area contributed by atoms with E-state index in [1.165, 1.54) is 12.1 Å². The Bertz CT molecular complexity index is 845. The standard InChI is InChI=1S/C16H22N4O5/c1-8(2)9-6-10(12(22)7-11(9)21)13-17-18-14(23)20(13)19-15(24)25-16(3,4)5/h6-8,21-22H,1-5H3,(H,18,23)(H,19,24). The van der Waals surface area contributed by atoms with Crippen molar-refractivity contribution in [1.29, 1.82) is 0 Å². The number of ether oxygens (including phenoxy) is 1. The van der Waals surface area contributed by atoms with Crippen LogP contribution in [0.3, 0.4) is 0 Å². The van der Waals surface area contributed by atoms with Gasteiger partial charge in [0.05, 0.1) is 5.56 Å². The molecule has 0 fully saturated rings. The van der Waals surface area contributed by atoms with E-state index < -0.39 is 17.4 Å². The summed E-state index contributed by atoms with van der Waals surface area (Å²) in [5, 5.41) is 26.1. The molecule has 1 amide bonds. The van der Waals surface area contributed by atoms with Crippen molar-refractivity contribution >= 4 is 6.09 Å². The second-order valence-electron chi connectivity index (χ2n) is 6.88. The zero-order valence-electron chi connectivity index (χ0n) is 14.7. The molecule has 0 spiro atoms. The molecule has 0 aliphatic rings. The lowest BCUT2D eigenvalue weighted by atomic mass is 9.98. The smallest absolute Gasteiger partial charge is 0.427 e. The average Bonchev–Trinajstić information content (AvgIpc) is 2.78. The first kappa shape index (κ1) is 18.4. The number of hydrogen-bond acceptors (Lipinski definition) is 6. The van der Waals surface area contributed by atoms with Gasteiger partial charge in [0.15, 0.2) is 5.82 Å². The monoisotopic (exact) mass is 350 g/mol. The minimum absolute atomic E-state index is 0.0183. The van der Waals surface area contributed by atoms with Crippen LogP contribution in [0.25, 0.3) is 11.4 Å². The van der Waals surface area contributed by atoms with Crippen LogP contribution in [0.1, 0.15) is 46.1 Å². The van der Waals surface area contributed by atoms with Gasteiger partial charge in [0, 0.05) is 6.07 Å². The van der Waals surface area contributed by atoms with Crippen LogP contribution in [0.5, 0.6) is 11.5 Å². The maximum Gasteiger partial charge on any atom is 0.427 e. The fourth-order valence-corrected chi connectivity index (χ4v) is 2.21. The highest BCUT2D eigenvalue weighted by Gasteiger charge is 2.22. The summed E-state index contributed by atoms with van der Waals surface area (Å²) in [6.45, 7) is 8.80. The summed E-state index contributed by atoms with van der Waals surface area (Å²) in [6, 6.07) is 2.68. The van der Waals surface area contributed by atoms with Gasteiger partial charge >= 0.3 is 11.8 Å². The molecule has 1 heterocycles. The largest absolute Gasteiger partial charge is 0.508 e. The normalized spacial score (nSPS) is 11.6. The maximum atomic E-state index is 12.0. The number of carbonyl (C=O) groups excluding carboxylic acids is 1. The molecule has 0 radical (unpaired) electrons. The Labute approximate surface area is 144 Å². The van der Waals surface area contributed by atoms with E-state index in [-0.39, 0.29) is 28.8 Å². The quantitative estimate of drug-likeness (QED) is 0.672. The number of nitrogens with one attached hydrogen (secondary N) is 2. The number of benzene rings is 1. The molecule has 0 atom stereocenters. The van der Waals surface area contributed by atoms with Crippen LogP contribution in [0, 0.1) is 0 Å². The van der Waals surface area contributed by atoms with Crippen molar-refractivity contribution < 1.29 is 19.7 Å². The first-order valence-corrected chi connectivity index (χ1v) is 7.73. The second kappa shape index (κ2) is 6.50. The van der Waals surface area contributed by atoms with Gasteiger partial charge in [-0.25, -0.2) is 20.1 Å². The van der Waals surface area contributed by atoms with Crippen LogP contribution in [-0.2, 0) is 4.74 Å². The summed E-state index contributed by atoms with van der Waals surface area (Å²) >= 11 is 0. The molecule has 0 saturated heterocycles. The fourth-order valence-electron chi connectivity index (χ4n) is 2.21. The van der Waals surface area contributed by atoms with Crippen LogP contribution in [-0.4, -0.2) is 36.8 Å². The van der Waals surface area contributed by atoms with Gasteiger partial charge in [-0.3, -0.25) is 0 Å². The van der Waals surface area contributed by atoms with E-state index in [4.69, 9.17) is 4.74 Å². The van der Waals surface area contributed by atoms with E-state index in [0.717, 1.165) is 4.68 Å². The first-order chi connectivity index (χ1) is 11.5. The van der Waals surface area contributed by atoms with E-state index in [1.807, 2.05) is 13.8 Å². The number of nitrogens with zero attached hydrogens (tertiary/aromatic N) is 2. The number of hydrogen-bond donors (Lipinski definition) is 4. The summed E-state index contributed by atoms with van der Waals surface area (Å²) in [7, 11) is 0. The minimum atomic E-state index is -0.848. The lowest BCUT2D eigenvalue weighted by molar-refractivity contribution is 0.0612. The third kappa shape index (κ3) is 4.11. The molecule has 2 aromatic rings. The number of H-pyrrole nitrogens is 1. The molecule has 2 rings (SSSR count). The Morgan fingerprint density at radius 3 is 2.48 bits per heavy atom. The number of phenolic OH excluding ortho intramolecular Hbond substituents is 2.